The summed E-state index contributed by atoms with van der Waals surface area (Å²) < 4.78 is 35.9. The Balaban J connectivity index is 1.27. The molecular formula is C20H30O6. The van der Waals surface area contributed by atoms with Gasteiger partial charge >= 0.3 is 0 Å². The first-order valence-corrected chi connectivity index (χ1v) is 10.2. The van der Waals surface area contributed by atoms with Crippen molar-refractivity contribution < 1.29 is 28.4 Å². The van der Waals surface area contributed by atoms with Crippen LogP contribution in [0.15, 0.2) is 0 Å². The van der Waals surface area contributed by atoms with Gasteiger partial charge in [-0.25, -0.2) is 0 Å². The molecule has 26 heavy (non-hydrogen) atoms. The Labute approximate surface area is 154 Å². The first-order chi connectivity index (χ1) is 12.5. The molecule has 0 aromatic rings. The van der Waals surface area contributed by atoms with Crippen LogP contribution in [0.25, 0.3) is 0 Å². The Kier molecular flexibility index (Phi) is 3.48. The molecule has 4 bridgehead atoms. The minimum atomic E-state index is -0.135. The third-order valence-corrected chi connectivity index (χ3v) is 7.11. The molecule has 3 heterocycles. The minimum absolute atomic E-state index is 0.135. The lowest BCUT2D eigenvalue weighted by Crippen LogP contribution is -2.71. The Morgan fingerprint density at radius 2 is 0.923 bits per heavy atom. The third kappa shape index (κ3) is 3.12. The van der Waals surface area contributed by atoms with Gasteiger partial charge in [-0.2, -0.15) is 0 Å². The second-order valence-electron chi connectivity index (χ2n) is 10.2. The lowest BCUT2D eigenvalue weighted by Gasteiger charge is -2.68. The highest BCUT2D eigenvalue weighted by Crippen LogP contribution is 2.67. The van der Waals surface area contributed by atoms with Crippen molar-refractivity contribution in [2.24, 2.45) is 5.41 Å². The van der Waals surface area contributed by atoms with Crippen molar-refractivity contribution in [1.82, 2.24) is 0 Å². The third-order valence-electron chi connectivity index (χ3n) is 7.11. The number of epoxide rings is 3. The van der Waals surface area contributed by atoms with E-state index in [9.17, 15) is 0 Å². The summed E-state index contributed by atoms with van der Waals surface area (Å²) in [5.74, 6) is 0. The normalized spacial score (nSPS) is 56.0. The highest BCUT2D eigenvalue weighted by molar-refractivity contribution is 5.21. The quantitative estimate of drug-likeness (QED) is 0.580. The Bertz CT molecular complexity index is 494. The number of hydrogen-bond donors (Lipinski definition) is 0. The summed E-state index contributed by atoms with van der Waals surface area (Å²) in [5, 5.41) is 0. The van der Waals surface area contributed by atoms with Gasteiger partial charge in [0.1, 0.15) is 18.3 Å². The molecular weight excluding hydrogens is 336 g/mol. The van der Waals surface area contributed by atoms with Gasteiger partial charge in [0.25, 0.3) is 0 Å². The lowest BCUT2D eigenvalue weighted by atomic mass is 9.45. The fourth-order valence-electron chi connectivity index (χ4n) is 6.61. The van der Waals surface area contributed by atoms with E-state index >= 15 is 0 Å². The van der Waals surface area contributed by atoms with Crippen LogP contribution in [0.3, 0.4) is 0 Å². The summed E-state index contributed by atoms with van der Waals surface area (Å²) in [6.07, 6.45) is 7.19. The molecule has 0 N–H and O–H groups in total. The molecule has 4 aliphatic carbocycles. The zero-order valence-electron chi connectivity index (χ0n) is 15.7. The average Bonchev–Trinajstić information content (AvgIpc) is 3.45. The van der Waals surface area contributed by atoms with Gasteiger partial charge in [-0.3, -0.25) is 0 Å². The van der Waals surface area contributed by atoms with Crippen LogP contribution in [0.4, 0.5) is 0 Å². The van der Waals surface area contributed by atoms with Gasteiger partial charge in [0.2, 0.25) is 0 Å². The summed E-state index contributed by atoms with van der Waals surface area (Å²) in [6, 6.07) is 0. The predicted molar refractivity (Wildman–Crippen MR) is 91.1 cm³/mol. The smallest absolute Gasteiger partial charge is 0.104 e. The average molecular weight is 366 g/mol. The summed E-state index contributed by atoms with van der Waals surface area (Å²) in [5.41, 5.74) is -0.188. The van der Waals surface area contributed by atoms with E-state index < -0.39 is 0 Å². The Morgan fingerprint density at radius 3 is 1.19 bits per heavy atom. The van der Waals surface area contributed by atoms with Gasteiger partial charge in [-0.1, -0.05) is 6.92 Å². The maximum Gasteiger partial charge on any atom is 0.104 e. The monoisotopic (exact) mass is 366 g/mol. The van der Waals surface area contributed by atoms with Crippen LogP contribution in [0.5, 0.6) is 0 Å². The van der Waals surface area contributed by atoms with E-state index in [-0.39, 0.29) is 22.2 Å². The van der Waals surface area contributed by atoms with E-state index in [1.165, 1.54) is 0 Å². The van der Waals surface area contributed by atoms with Crippen molar-refractivity contribution in [3.05, 3.63) is 0 Å². The van der Waals surface area contributed by atoms with Crippen LogP contribution in [-0.2, 0) is 28.4 Å². The fraction of sp³-hybridized carbons (Fsp3) is 1.00. The zero-order chi connectivity index (χ0) is 17.5. The van der Waals surface area contributed by atoms with E-state index in [0.29, 0.717) is 38.1 Å². The summed E-state index contributed by atoms with van der Waals surface area (Å²) in [4.78, 5) is 0. The molecule has 6 nitrogen and oxygen atoms in total. The van der Waals surface area contributed by atoms with Crippen molar-refractivity contribution in [1.29, 1.82) is 0 Å². The Hall–Kier alpha value is -0.240. The van der Waals surface area contributed by atoms with E-state index in [1.54, 1.807) is 0 Å². The molecule has 7 rings (SSSR count). The predicted octanol–water partition coefficient (Wildman–Crippen LogP) is 1.84. The first kappa shape index (κ1) is 16.7. The molecule has 7 fully saturated rings. The lowest BCUT2D eigenvalue weighted by molar-refractivity contribution is -0.311. The fourth-order valence-corrected chi connectivity index (χ4v) is 6.61. The van der Waals surface area contributed by atoms with Crippen LogP contribution in [-0.4, -0.2) is 74.8 Å². The maximum absolute atomic E-state index is 6.58. The molecule has 6 heteroatoms. The standard InChI is InChI=1S/C20H30O6/c1-17-8-18(24-5-14-2-21-14)11-19(9-17,25-6-15-3-22-15)13-20(10-17,12-18)26-7-16-4-23-16/h14-16H,2-13H2,1H3. The minimum Gasteiger partial charge on any atom is -0.372 e. The second kappa shape index (κ2) is 5.43. The van der Waals surface area contributed by atoms with E-state index in [1.807, 2.05) is 0 Å². The van der Waals surface area contributed by atoms with E-state index in [4.69, 9.17) is 28.4 Å². The molecule has 0 amide bonds. The van der Waals surface area contributed by atoms with Crippen molar-refractivity contribution in [3.8, 4) is 0 Å². The summed E-state index contributed by atoms with van der Waals surface area (Å²) in [6.45, 7) is 7.06. The second-order valence-corrected chi connectivity index (χ2v) is 10.2. The molecule has 3 unspecified atom stereocenters. The highest BCUT2D eigenvalue weighted by atomic mass is 16.6. The van der Waals surface area contributed by atoms with Gasteiger partial charge in [0.15, 0.2) is 0 Å². The van der Waals surface area contributed by atoms with Crippen molar-refractivity contribution in [2.75, 3.05) is 39.6 Å². The van der Waals surface area contributed by atoms with Crippen LogP contribution in [0.1, 0.15) is 45.4 Å². The van der Waals surface area contributed by atoms with Crippen molar-refractivity contribution in [3.63, 3.8) is 0 Å². The molecule has 3 aliphatic heterocycles. The van der Waals surface area contributed by atoms with Crippen LogP contribution < -0.4 is 0 Å². The molecule has 146 valence electrons. The largest absolute Gasteiger partial charge is 0.372 e. The van der Waals surface area contributed by atoms with Gasteiger partial charge in [-0.15, -0.1) is 0 Å². The van der Waals surface area contributed by atoms with Gasteiger partial charge in [0, 0.05) is 19.3 Å². The molecule has 0 radical (unpaired) electrons. The number of ether oxygens (including phenoxy) is 6. The first-order valence-electron chi connectivity index (χ1n) is 10.2. The molecule has 0 spiro atoms. The van der Waals surface area contributed by atoms with Gasteiger partial charge in [0.05, 0.1) is 56.4 Å². The van der Waals surface area contributed by atoms with Gasteiger partial charge < -0.3 is 28.4 Å². The maximum atomic E-state index is 6.58. The molecule has 3 saturated heterocycles. The SMILES string of the molecule is CC12CC3(OCC4CO4)CC(OCC4CO4)(C1)CC(OCC1CO1)(C2)C3. The van der Waals surface area contributed by atoms with Crippen LogP contribution in [0.2, 0.25) is 0 Å². The van der Waals surface area contributed by atoms with E-state index in [2.05, 4.69) is 6.92 Å². The number of hydrogen-bond acceptors (Lipinski definition) is 6. The van der Waals surface area contributed by atoms with Crippen molar-refractivity contribution in [2.45, 2.75) is 80.6 Å². The van der Waals surface area contributed by atoms with Crippen LogP contribution >= 0.6 is 0 Å². The molecule has 4 saturated carbocycles. The molecule has 3 atom stereocenters. The topological polar surface area (TPSA) is 65.3 Å². The number of rotatable bonds is 9. The molecule has 0 aromatic carbocycles. The zero-order valence-corrected chi connectivity index (χ0v) is 15.7. The summed E-state index contributed by atoms with van der Waals surface area (Å²) >= 11 is 0. The molecule has 0 aromatic heterocycles. The molecule has 7 aliphatic rings. The van der Waals surface area contributed by atoms with Gasteiger partial charge in [-0.05, 0) is 24.7 Å². The van der Waals surface area contributed by atoms with E-state index in [0.717, 1.165) is 58.3 Å². The highest BCUT2D eigenvalue weighted by Gasteiger charge is 2.69. The van der Waals surface area contributed by atoms with Crippen LogP contribution in [0, 0.1) is 5.41 Å². The summed E-state index contributed by atoms with van der Waals surface area (Å²) in [7, 11) is 0. The Morgan fingerprint density at radius 1 is 0.615 bits per heavy atom. The van der Waals surface area contributed by atoms with Crippen molar-refractivity contribution >= 4 is 0 Å².